The SMILES string of the molecule is CCNC(=NCc1c(F)c(F)cc(F)c1F)NCC(C)(O)c1cccs1.I. The first-order valence-electron chi connectivity index (χ1n) is 7.86. The van der Waals surface area contributed by atoms with Crippen LogP contribution in [0.3, 0.4) is 0 Å². The van der Waals surface area contributed by atoms with Gasteiger partial charge in [0.25, 0.3) is 0 Å². The maximum atomic E-state index is 13.7. The van der Waals surface area contributed by atoms with Crippen molar-refractivity contribution in [3.05, 3.63) is 57.3 Å². The van der Waals surface area contributed by atoms with Crippen LogP contribution in [0.4, 0.5) is 17.6 Å². The Kier molecular flexibility index (Phi) is 8.95. The van der Waals surface area contributed by atoms with E-state index in [1.807, 2.05) is 5.38 Å². The van der Waals surface area contributed by atoms with Gasteiger partial charge >= 0.3 is 0 Å². The molecular weight excluding hydrogens is 497 g/mol. The highest BCUT2D eigenvalue weighted by molar-refractivity contribution is 14.0. The number of halogens is 5. The van der Waals surface area contributed by atoms with Crippen LogP contribution in [0.5, 0.6) is 0 Å². The van der Waals surface area contributed by atoms with E-state index < -0.39 is 41.0 Å². The van der Waals surface area contributed by atoms with Crippen molar-refractivity contribution >= 4 is 41.3 Å². The van der Waals surface area contributed by atoms with E-state index in [1.165, 1.54) is 11.3 Å². The van der Waals surface area contributed by atoms with Gasteiger partial charge in [-0.3, -0.25) is 0 Å². The standard InChI is InChI=1S/C17H19F4N3OS.HI/c1-3-22-16(24-9-17(2,25)13-5-4-6-26-13)23-8-10-14(20)11(18)7-12(19)15(10)21;/h4-7,25H,3,8-9H2,1-2H3,(H2,22,23,24);1H. The predicted octanol–water partition coefficient (Wildman–Crippen LogP) is 3.89. The summed E-state index contributed by atoms with van der Waals surface area (Å²) in [4.78, 5) is 4.67. The van der Waals surface area contributed by atoms with Crippen molar-refractivity contribution in [3.63, 3.8) is 0 Å². The topological polar surface area (TPSA) is 56.7 Å². The summed E-state index contributed by atoms with van der Waals surface area (Å²) in [6, 6.07) is 3.73. The Morgan fingerprint density at radius 1 is 1.19 bits per heavy atom. The van der Waals surface area contributed by atoms with Crippen molar-refractivity contribution in [2.24, 2.45) is 4.99 Å². The zero-order valence-corrected chi connectivity index (χ0v) is 17.8. The van der Waals surface area contributed by atoms with Gasteiger partial charge in [-0.05, 0) is 25.3 Å². The Labute approximate surface area is 175 Å². The molecule has 0 radical (unpaired) electrons. The molecular formula is C17H20F4IN3OS. The molecule has 0 bridgehead atoms. The first kappa shape index (κ1) is 23.6. The van der Waals surface area contributed by atoms with Crippen molar-refractivity contribution in [2.75, 3.05) is 13.1 Å². The van der Waals surface area contributed by atoms with Crippen LogP contribution < -0.4 is 10.6 Å². The van der Waals surface area contributed by atoms with Gasteiger partial charge < -0.3 is 15.7 Å². The lowest BCUT2D eigenvalue weighted by molar-refractivity contribution is 0.0655. The molecule has 2 rings (SSSR count). The summed E-state index contributed by atoms with van der Waals surface area (Å²) in [5.41, 5.74) is -1.99. The first-order valence-corrected chi connectivity index (χ1v) is 8.74. The number of aliphatic imine (C=N–C) groups is 1. The average Bonchev–Trinajstić information content (AvgIpc) is 3.13. The second kappa shape index (κ2) is 10.2. The van der Waals surface area contributed by atoms with Gasteiger partial charge in [-0.25, -0.2) is 22.6 Å². The summed E-state index contributed by atoms with van der Waals surface area (Å²) in [7, 11) is 0. The Hall–Kier alpha value is -1.40. The van der Waals surface area contributed by atoms with E-state index >= 15 is 0 Å². The molecule has 0 fully saturated rings. The Bertz CT molecular complexity index is 759. The van der Waals surface area contributed by atoms with Crippen molar-refractivity contribution < 1.29 is 22.7 Å². The molecule has 10 heteroatoms. The minimum Gasteiger partial charge on any atom is -0.383 e. The lowest BCUT2D eigenvalue weighted by Gasteiger charge is -2.23. The van der Waals surface area contributed by atoms with Crippen molar-refractivity contribution in [1.82, 2.24) is 10.6 Å². The van der Waals surface area contributed by atoms with Gasteiger partial charge in [-0.15, -0.1) is 35.3 Å². The fourth-order valence-corrected chi connectivity index (χ4v) is 2.98. The van der Waals surface area contributed by atoms with Crippen LogP contribution in [0.2, 0.25) is 0 Å². The minimum absolute atomic E-state index is 0. The number of rotatable bonds is 6. The van der Waals surface area contributed by atoms with Gasteiger partial charge in [0.1, 0.15) is 5.60 Å². The van der Waals surface area contributed by atoms with E-state index in [1.54, 1.807) is 26.0 Å². The summed E-state index contributed by atoms with van der Waals surface area (Å²) in [6.45, 7) is 3.29. The maximum absolute atomic E-state index is 13.7. The third kappa shape index (κ3) is 6.04. The van der Waals surface area contributed by atoms with Crippen LogP contribution in [0.1, 0.15) is 24.3 Å². The van der Waals surface area contributed by atoms with Gasteiger partial charge in [0.2, 0.25) is 0 Å². The van der Waals surface area contributed by atoms with E-state index in [9.17, 15) is 22.7 Å². The van der Waals surface area contributed by atoms with Gasteiger partial charge in [-0.1, -0.05) is 6.07 Å². The summed E-state index contributed by atoms with van der Waals surface area (Å²) < 4.78 is 53.9. The van der Waals surface area contributed by atoms with Gasteiger partial charge in [0, 0.05) is 17.5 Å². The van der Waals surface area contributed by atoms with Crippen LogP contribution in [0.15, 0.2) is 28.6 Å². The number of nitrogens with zero attached hydrogens (tertiary/aromatic N) is 1. The van der Waals surface area contributed by atoms with Gasteiger partial charge in [-0.2, -0.15) is 0 Å². The molecule has 0 amide bonds. The van der Waals surface area contributed by atoms with E-state index in [-0.39, 0.29) is 42.5 Å². The third-order valence-electron chi connectivity index (χ3n) is 3.59. The fourth-order valence-electron chi connectivity index (χ4n) is 2.19. The van der Waals surface area contributed by atoms with E-state index in [2.05, 4.69) is 15.6 Å². The molecule has 0 aliphatic heterocycles. The Morgan fingerprint density at radius 3 is 2.33 bits per heavy atom. The molecule has 4 nitrogen and oxygen atoms in total. The monoisotopic (exact) mass is 517 g/mol. The van der Waals surface area contributed by atoms with E-state index in [0.717, 1.165) is 4.88 Å². The molecule has 150 valence electrons. The van der Waals surface area contributed by atoms with E-state index in [4.69, 9.17) is 0 Å². The molecule has 1 unspecified atom stereocenters. The van der Waals surface area contributed by atoms with Crippen LogP contribution in [0, 0.1) is 23.3 Å². The van der Waals surface area contributed by atoms with Crippen molar-refractivity contribution in [1.29, 1.82) is 0 Å². The second-order valence-electron chi connectivity index (χ2n) is 5.75. The summed E-state index contributed by atoms with van der Waals surface area (Å²) >= 11 is 1.38. The maximum Gasteiger partial charge on any atom is 0.191 e. The normalized spacial score (nSPS) is 13.7. The molecule has 1 atom stereocenters. The fraction of sp³-hybridized carbons (Fsp3) is 0.353. The number of nitrogens with one attached hydrogen (secondary N) is 2. The number of aliphatic hydroxyl groups is 1. The molecule has 0 saturated carbocycles. The van der Waals surface area contributed by atoms with Crippen molar-refractivity contribution in [2.45, 2.75) is 26.0 Å². The molecule has 0 saturated heterocycles. The predicted molar refractivity (Wildman–Crippen MR) is 108 cm³/mol. The molecule has 1 aromatic carbocycles. The lowest BCUT2D eigenvalue weighted by Crippen LogP contribution is -2.44. The first-order chi connectivity index (χ1) is 12.3. The minimum atomic E-state index is -1.48. The number of thiophene rings is 1. The van der Waals surface area contributed by atoms with Crippen LogP contribution in [-0.4, -0.2) is 24.2 Å². The summed E-state index contributed by atoms with van der Waals surface area (Å²) in [6.07, 6.45) is 0. The smallest absolute Gasteiger partial charge is 0.191 e. The lowest BCUT2D eigenvalue weighted by atomic mass is 10.1. The third-order valence-corrected chi connectivity index (χ3v) is 4.72. The molecule has 1 heterocycles. The quantitative estimate of drug-likeness (QED) is 0.179. The Balaban J connectivity index is 0.00000364. The van der Waals surface area contributed by atoms with E-state index in [0.29, 0.717) is 6.54 Å². The largest absolute Gasteiger partial charge is 0.383 e. The highest BCUT2D eigenvalue weighted by Gasteiger charge is 2.24. The molecule has 3 N–H and O–H groups in total. The average molecular weight is 517 g/mol. The highest BCUT2D eigenvalue weighted by atomic mass is 127. The zero-order chi connectivity index (χ0) is 19.3. The number of guanidine groups is 1. The van der Waals surface area contributed by atoms with Crippen LogP contribution in [-0.2, 0) is 12.1 Å². The number of hydrogen-bond acceptors (Lipinski definition) is 3. The van der Waals surface area contributed by atoms with Gasteiger partial charge in [0.15, 0.2) is 29.2 Å². The second-order valence-corrected chi connectivity index (χ2v) is 6.69. The molecule has 1 aromatic heterocycles. The van der Waals surface area contributed by atoms with Crippen LogP contribution >= 0.6 is 35.3 Å². The molecule has 0 aliphatic rings. The molecule has 27 heavy (non-hydrogen) atoms. The summed E-state index contributed by atoms with van der Waals surface area (Å²) in [5.74, 6) is -5.77. The van der Waals surface area contributed by atoms with Crippen LogP contribution in [0.25, 0.3) is 0 Å². The zero-order valence-electron chi connectivity index (χ0n) is 14.7. The summed E-state index contributed by atoms with van der Waals surface area (Å²) in [5, 5.41) is 18.0. The Morgan fingerprint density at radius 2 is 1.81 bits per heavy atom. The molecule has 2 aromatic rings. The van der Waals surface area contributed by atoms with Crippen molar-refractivity contribution in [3.8, 4) is 0 Å². The highest BCUT2D eigenvalue weighted by Crippen LogP contribution is 2.24. The van der Waals surface area contributed by atoms with Gasteiger partial charge in [0.05, 0.1) is 18.7 Å². The molecule has 0 aliphatic carbocycles. The number of benzene rings is 1. The molecule has 0 spiro atoms. The number of hydrogen-bond donors (Lipinski definition) is 3.